The number of hydrogen-bond donors (Lipinski definition) is 2. The molecule has 0 aromatic carbocycles. The molecule has 1 unspecified atom stereocenters. The maximum Gasteiger partial charge on any atom is 0.371 e. The summed E-state index contributed by atoms with van der Waals surface area (Å²) in [6.07, 6.45) is 1.62. The number of nitrogens with one attached hydrogen (secondary N) is 1. The molecule has 0 saturated heterocycles. The molecule has 96 valence electrons. The van der Waals surface area contributed by atoms with Crippen LogP contribution in [0.25, 0.3) is 0 Å². The minimum atomic E-state index is -1.06. The lowest BCUT2D eigenvalue weighted by Gasteiger charge is -2.16. The van der Waals surface area contributed by atoms with E-state index in [4.69, 9.17) is 13.9 Å². The van der Waals surface area contributed by atoms with Gasteiger partial charge in [-0.15, -0.1) is 0 Å². The fourth-order valence-corrected chi connectivity index (χ4v) is 1.78. The third kappa shape index (κ3) is 2.62. The first-order valence-electron chi connectivity index (χ1n) is 5.70. The van der Waals surface area contributed by atoms with Crippen molar-refractivity contribution < 1.29 is 18.7 Å². The maximum atomic E-state index is 10.7. The average molecular weight is 249 g/mol. The summed E-state index contributed by atoms with van der Waals surface area (Å²) in [5.41, 5.74) is 0. The van der Waals surface area contributed by atoms with Crippen molar-refractivity contribution in [3.8, 4) is 0 Å². The molecule has 0 bridgehead atoms. The third-order valence-electron chi connectivity index (χ3n) is 2.73. The van der Waals surface area contributed by atoms with Crippen molar-refractivity contribution in [3.05, 3.63) is 47.8 Å². The smallest absolute Gasteiger partial charge is 0.371 e. The van der Waals surface area contributed by atoms with Gasteiger partial charge in [0.1, 0.15) is 11.5 Å². The molecule has 0 spiro atoms. The van der Waals surface area contributed by atoms with Gasteiger partial charge in [0.2, 0.25) is 5.76 Å². The summed E-state index contributed by atoms with van der Waals surface area (Å²) >= 11 is 0. The van der Waals surface area contributed by atoms with Crippen LogP contribution in [0.3, 0.4) is 0 Å². The lowest BCUT2D eigenvalue weighted by molar-refractivity contribution is 0.0659. The Labute approximate surface area is 104 Å². The summed E-state index contributed by atoms with van der Waals surface area (Å²) in [4.78, 5) is 10.7. The van der Waals surface area contributed by atoms with Gasteiger partial charge in [-0.3, -0.25) is 5.32 Å². The number of carboxylic acids is 1. The zero-order chi connectivity index (χ0) is 13.1. The first kappa shape index (κ1) is 12.4. The molecule has 2 aromatic heterocycles. The number of carboxylic acid groups (broad SMARTS) is 1. The van der Waals surface area contributed by atoms with Crippen LogP contribution in [0, 0.1) is 0 Å². The number of aromatic carboxylic acids is 1. The van der Waals surface area contributed by atoms with Crippen LogP contribution in [0.15, 0.2) is 39.4 Å². The van der Waals surface area contributed by atoms with Crippen LogP contribution in [-0.2, 0) is 0 Å². The van der Waals surface area contributed by atoms with E-state index < -0.39 is 5.97 Å². The van der Waals surface area contributed by atoms with Gasteiger partial charge in [-0.05, 0) is 38.1 Å². The molecule has 2 rings (SSSR count). The van der Waals surface area contributed by atoms with Gasteiger partial charge in [0.15, 0.2) is 0 Å². The normalized spacial score (nSPS) is 14.3. The van der Waals surface area contributed by atoms with Gasteiger partial charge in [0.25, 0.3) is 0 Å². The van der Waals surface area contributed by atoms with E-state index in [0.29, 0.717) is 5.76 Å². The van der Waals surface area contributed by atoms with Gasteiger partial charge >= 0.3 is 5.97 Å². The van der Waals surface area contributed by atoms with E-state index >= 15 is 0 Å². The summed E-state index contributed by atoms with van der Waals surface area (Å²) in [6, 6.07) is 6.75. The lowest BCUT2D eigenvalue weighted by atomic mass is 10.2. The van der Waals surface area contributed by atoms with Gasteiger partial charge in [-0.2, -0.15) is 0 Å². The largest absolute Gasteiger partial charge is 0.475 e. The van der Waals surface area contributed by atoms with E-state index in [0.717, 1.165) is 5.76 Å². The molecular weight excluding hydrogens is 234 g/mol. The predicted molar refractivity (Wildman–Crippen MR) is 64.3 cm³/mol. The summed E-state index contributed by atoms with van der Waals surface area (Å²) < 4.78 is 10.5. The molecule has 2 heterocycles. The number of furan rings is 2. The Morgan fingerprint density at radius 2 is 1.94 bits per heavy atom. The molecule has 0 radical (unpaired) electrons. The highest BCUT2D eigenvalue weighted by Crippen LogP contribution is 2.21. The molecule has 2 N–H and O–H groups in total. The van der Waals surface area contributed by atoms with E-state index in [2.05, 4.69) is 5.32 Å². The minimum Gasteiger partial charge on any atom is -0.475 e. The summed E-state index contributed by atoms with van der Waals surface area (Å²) in [6.45, 7) is 3.88. The Morgan fingerprint density at radius 1 is 1.22 bits per heavy atom. The van der Waals surface area contributed by atoms with Crippen molar-refractivity contribution in [1.82, 2.24) is 5.32 Å². The van der Waals surface area contributed by atoms with Crippen LogP contribution < -0.4 is 5.32 Å². The van der Waals surface area contributed by atoms with Gasteiger partial charge in [-0.25, -0.2) is 4.79 Å². The van der Waals surface area contributed by atoms with Crippen LogP contribution >= 0.6 is 0 Å². The minimum absolute atomic E-state index is 0.0216. The molecule has 5 nitrogen and oxygen atoms in total. The molecule has 0 fully saturated rings. The predicted octanol–water partition coefficient (Wildman–Crippen LogP) is 2.98. The Bertz CT molecular complexity index is 515. The molecule has 0 aliphatic heterocycles. The third-order valence-corrected chi connectivity index (χ3v) is 2.73. The summed E-state index contributed by atoms with van der Waals surface area (Å²) in [5, 5.41) is 12.1. The second kappa shape index (κ2) is 5.10. The first-order chi connectivity index (χ1) is 8.58. The first-order valence-corrected chi connectivity index (χ1v) is 5.70. The highest BCUT2D eigenvalue weighted by Gasteiger charge is 2.17. The van der Waals surface area contributed by atoms with Crippen LogP contribution in [0.5, 0.6) is 0 Å². The highest BCUT2D eigenvalue weighted by molar-refractivity contribution is 5.84. The SMILES string of the molecule is CC(N[C@@H](C)c1ccco1)c1ccc(C(=O)O)o1. The van der Waals surface area contributed by atoms with Gasteiger partial charge in [0.05, 0.1) is 18.3 Å². The number of carbonyl (C=O) groups is 1. The lowest BCUT2D eigenvalue weighted by Crippen LogP contribution is -2.21. The molecule has 5 heteroatoms. The molecule has 2 aromatic rings. The fraction of sp³-hybridized carbons (Fsp3) is 0.308. The van der Waals surface area contributed by atoms with Crippen molar-refractivity contribution in [3.63, 3.8) is 0 Å². The van der Waals surface area contributed by atoms with Crippen LogP contribution in [0.1, 0.15) is 48.0 Å². The Balaban J connectivity index is 2.02. The van der Waals surface area contributed by atoms with Gasteiger partial charge < -0.3 is 13.9 Å². The van der Waals surface area contributed by atoms with Crippen molar-refractivity contribution in [1.29, 1.82) is 0 Å². The van der Waals surface area contributed by atoms with Gasteiger partial charge in [0, 0.05) is 0 Å². The molecule has 0 saturated carbocycles. The molecule has 0 aliphatic carbocycles. The van der Waals surface area contributed by atoms with E-state index in [9.17, 15) is 4.79 Å². The van der Waals surface area contributed by atoms with E-state index in [1.807, 2.05) is 26.0 Å². The monoisotopic (exact) mass is 249 g/mol. The zero-order valence-electron chi connectivity index (χ0n) is 10.2. The molecule has 18 heavy (non-hydrogen) atoms. The topological polar surface area (TPSA) is 75.6 Å². The molecular formula is C13H15NO4. The fourth-order valence-electron chi connectivity index (χ4n) is 1.78. The summed E-state index contributed by atoms with van der Waals surface area (Å²) in [7, 11) is 0. The second-order valence-corrected chi connectivity index (χ2v) is 4.13. The van der Waals surface area contributed by atoms with Crippen molar-refractivity contribution in [2.24, 2.45) is 0 Å². The molecule has 2 atom stereocenters. The van der Waals surface area contributed by atoms with Crippen LogP contribution in [0.4, 0.5) is 0 Å². The quantitative estimate of drug-likeness (QED) is 0.851. The zero-order valence-corrected chi connectivity index (χ0v) is 10.2. The number of rotatable bonds is 5. The summed E-state index contributed by atoms with van der Waals surface area (Å²) in [5.74, 6) is 0.300. The second-order valence-electron chi connectivity index (χ2n) is 4.13. The molecule has 0 amide bonds. The Morgan fingerprint density at radius 3 is 2.50 bits per heavy atom. The Kier molecular flexibility index (Phi) is 3.53. The van der Waals surface area contributed by atoms with Crippen LogP contribution in [-0.4, -0.2) is 11.1 Å². The number of hydrogen-bond acceptors (Lipinski definition) is 4. The maximum absolute atomic E-state index is 10.7. The standard InChI is InChI=1S/C13H15NO4/c1-8(10-4-3-7-17-10)14-9(2)11-5-6-12(18-11)13(15)16/h3-9,14H,1-2H3,(H,15,16)/t8-,9?/m0/s1. The van der Waals surface area contributed by atoms with Crippen molar-refractivity contribution in [2.45, 2.75) is 25.9 Å². The van der Waals surface area contributed by atoms with E-state index in [1.54, 1.807) is 12.3 Å². The average Bonchev–Trinajstić information content (AvgIpc) is 3.00. The highest BCUT2D eigenvalue weighted by atomic mass is 16.4. The van der Waals surface area contributed by atoms with Gasteiger partial charge in [-0.1, -0.05) is 0 Å². The van der Waals surface area contributed by atoms with Crippen LogP contribution in [0.2, 0.25) is 0 Å². The van der Waals surface area contributed by atoms with E-state index in [1.165, 1.54) is 6.07 Å². The van der Waals surface area contributed by atoms with Crippen molar-refractivity contribution in [2.75, 3.05) is 0 Å². The molecule has 0 aliphatic rings. The van der Waals surface area contributed by atoms with Crippen molar-refractivity contribution >= 4 is 5.97 Å². The Hall–Kier alpha value is -2.01. The van der Waals surface area contributed by atoms with E-state index in [-0.39, 0.29) is 17.8 Å².